The summed E-state index contributed by atoms with van der Waals surface area (Å²) in [7, 11) is 0. The molecule has 1 unspecified atom stereocenters. The lowest BCUT2D eigenvalue weighted by Gasteiger charge is -2.23. The van der Waals surface area contributed by atoms with E-state index in [2.05, 4.69) is 20.8 Å². The zero-order chi connectivity index (χ0) is 22.9. The molecule has 2 aromatic carbocycles. The first-order valence-electron chi connectivity index (χ1n) is 10.7. The Bertz CT molecular complexity index is 1230. The normalized spacial score (nSPS) is 16.7. The summed E-state index contributed by atoms with van der Waals surface area (Å²) in [5.41, 5.74) is 3.52. The number of ether oxygens (including phenoxy) is 2. The van der Waals surface area contributed by atoms with Crippen molar-refractivity contribution in [1.82, 2.24) is 15.1 Å². The van der Waals surface area contributed by atoms with Gasteiger partial charge in [-0.05, 0) is 50.5 Å². The summed E-state index contributed by atoms with van der Waals surface area (Å²) < 4.78 is 10.6. The highest BCUT2D eigenvalue weighted by atomic mass is 32.1. The number of fused-ring (bicyclic) bond motifs is 1. The van der Waals surface area contributed by atoms with Gasteiger partial charge in [-0.1, -0.05) is 29.0 Å². The smallest absolute Gasteiger partial charge is 0.322 e. The summed E-state index contributed by atoms with van der Waals surface area (Å²) in [5, 5.41) is 15.0. The van der Waals surface area contributed by atoms with Gasteiger partial charge in [0, 0.05) is 24.0 Å². The van der Waals surface area contributed by atoms with Gasteiger partial charge in [0.1, 0.15) is 5.01 Å². The minimum atomic E-state index is -0.359. The van der Waals surface area contributed by atoms with Gasteiger partial charge in [-0.3, -0.25) is 4.79 Å². The standard InChI is InChI=1S/C23H23N5O4S/c1-13-5-7-16(14(2)10-13)25-23(30)28-9-3-4-17(28)21-26-27-22(33-21)20(29)24-15-6-8-18-19(11-15)32-12-31-18/h5-8,10-11,17H,3-4,9,12H2,1-2H3,(H,24,29)(H,25,30). The van der Waals surface area contributed by atoms with Gasteiger partial charge in [-0.2, -0.15) is 0 Å². The molecule has 9 nitrogen and oxygen atoms in total. The molecule has 0 bridgehead atoms. The van der Waals surface area contributed by atoms with Crippen LogP contribution in [0.5, 0.6) is 11.5 Å². The number of nitrogens with zero attached hydrogens (tertiary/aromatic N) is 3. The topological polar surface area (TPSA) is 106 Å². The van der Waals surface area contributed by atoms with Crippen LogP contribution in [-0.2, 0) is 0 Å². The van der Waals surface area contributed by atoms with Crippen LogP contribution >= 0.6 is 11.3 Å². The lowest BCUT2D eigenvalue weighted by molar-refractivity contribution is 0.102. The number of nitrogens with one attached hydrogen (secondary N) is 2. The molecule has 1 atom stereocenters. The van der Waals surface area contributed by atoms with Crippen LogP contribution in [0.2, 0.25) is 0 Å². The number of rotatable bonds is 4. The Morgan fingerprint density at radius 1 is 1.06 bits per heavy atom. The average molecular weight is 466 g/mol. The number of aryl methyl sites for hydroxylation is 2. The SMILES string of the molecule is Cc1ccc(NC(=O)N2CCCC2c2nnc(C(=O)Nc3ccc4c(c3)OCO4)s2)c(C)c1. The van der Waals surface area contributed by atoms with E-state index in [0.717, 1.165) is 29.7 Å². The first kappa shape index (κ1) is 21.2. The number of amides is 3. The summed E-state index contributed by atoms with van der Waals surface area (Å²) in [6.45, 7) is 4.78. The van der Waals surface area contributed by atoms with E-state index in [9.17, 15) is 9.59 Å². The molecule has 5 rings (SSSR count). The summed E-state index contributed by atoms with van der Waals surface area (Å²) in [6.07, 6.45) is 1.64. The number of anilines is 2. The van der Waals surface area contributed by atoms with Gasteiger partial charge in [0.15, 0.2) is 11.5 Å². The fourth-order valence-corrected chi connectivity index (χ4v) is 4.91. The van der Waals surface area contributed by atoms with Crippen LogP contribution in [0.1, 0.15) is 44.8 Å². The second-order valence-electron chi connectivity index (χ2n) is 8.07. The maximum Gasteiger partial charge on any atom is 0.322 e. The lowest BCUT2D eigenvalue weighted by Crippen LogP contribution is -2.34. The Hall–Kier alpha value is -3.66. The third-order valence-electron chi connectivity index (χ3n) is 5.69. The van der Waals surface area contributed by atoms with Crippen molar-refractivity contribution >= 4 is 34.6 Å². The second-order valence-corrected chi connectivity index (χ2v) is 9.08. The second kappa shape index (κ2) is 8.70. The number of likely N-dealkylation sites (tertiary alicyclic amines) is 1. The number of urea groups is 1. The third kappa shape index (κ3) is 4.34. The highest BCUT2D eigenvalue weighted by Crippen LogP contribution is 2.36. The Morgan fingerprint density at radius 2 is 1.91 bits per heavy atom. The van der Waals surface area contributed by atoms with E-state index in [0.29, 0.717) is 28.7 Å². The first-order chi connectivity index (χ1) is 16.0. The molecule has 0 radical (unpaired) electrons. The molecule has 3 amide bonds. The zero-order valence-electron chi connectivity index (χ0n) is 18.3. The van der Waals surface area contributed by atoms with Crippen molar-refractivity contribution in [2.75, 3.05) is 24.0 Å². The van der Waals surface area contributed by atoms with E-state index in [-0.39, 0.29) is 29.8 Å². The molecule has 3 heterocycles. The summed E-state index contributed by atoms with van der Waals surface area (Å²) in [6, 6.07) is 10.7. The molecule has 10 heteroatoms. The van der Waals surface area contributed by atoms with Gasteiger partial charge in [0.25, 0.3) is 5.91 Å². The molecule has 0 aliphatic carbocycles. The van der Waals surface area contributed by atoms with Crippen LogP contribution in [0.4, 0.5) is 16.2 Å². The van der Waals surface area contributed by atoms with E-state index in [1.165, 1.54) is 11.3 Å². The van der Waals surface area contributed by atoms with Crippen molar-refractivity contribution in [3.63, 3.8) is 0 Å². The van der Waals surface area contributed by atoms with Gasteiger partial charge in [0.2, 0.25) is 11.8 Å². The van der Waals surface area contributed by atoms with Gasteiger partial charge in [-0.25, -0.2) is 4.79 Å². The maximum atomic E-state index is 13.0. The van der Waals surface area contributed by atoms with Crippen molar-refractivity contribution in [2.45, 2.75) is 32.7 Å². The van der Waals surface area contributed by atoms with Crippen LogP contribution in [0.3, 0.4) is 0 Å². The summed E-state index contributed by atoms with van der Waals surface area (Å²) in [4.78, 5) is 27.4. The third-order valence-corrected chi connectivity index (χ3v) is 6.71. The van der Waals surface area contributed by atoms with Gasteiger partial charge < -0.3 is 25.0 Å². The Labute approximate surface area is 194 Å². The fraction of sp³-hybridized carbons (Fsp3) is 0.304. The predicted octanol–water partition coefficient (Wildman–Crippen LogP) is 4.50. The molecule has 1 aromatic heterocycles. The molecule has 1 fully saturated rings. The van der Waals surface area contributed by atoms with Crippen LogP contribution in [0.25, 0.3) is 0 Å². The van der Waals surface area contributed by atoms with E-state index in [1.807, 2.05) is 32.0 Å². The average Bonchev–Trinajstić information content (AvgIpc) is 3.55. The molecule has 2 aliphatic heterocycles. The summed E-state index contributed by atoms with van der Waals surface area (Å²) in [5.74, 6) is 0.871. The van der Waals surface area contributed by atoms with Crippen LogP contribution in [0.15, 0.2) is 36.4 Å². The van der Waals surface area contributed by atoms with E-state index < -0.39 is 0 Å². The molecule has 170 valence electrons. The largest absolute Gasteiger partial charge is 0.454 e. The molecular weight excluding hydrogens is 442 g/mol. The highest BCUT2D eigenvalue weighted by Gasteiger charge is 2.33. The monoisotopic (exact) mass is 465 g/mol. The Morgan fingerprint density at radius 3 is 2.76 bits per heavy atom. The minimum absolute atomic E-state index is 0.168. The van der Waals surface area contributed by atoms with Crippen molar-refractivity contribution in [3.8, 4) is 11.5 Å². The van der Waals surface area contributed by atoms with Crippen molar-refractivity contribution in [1.29, 1.82) is 0 Å². The first-order valence-corrected chi connectivity index (χ1v) is 11.5. The van der Waals surface area contributed by atoms with Crippen molar-refractivity contribution in [3.05, 3.63) is 57.5 Å². The Kier molecular flexibility index (Phi) is 5.59. The molecule has 0 spiro atoms. The van der Waals surface area contributed by atoms with Gasteiger partial charge >= 0.3 is 6.03 Å². The molecule has 0 saturated carbocycles. The fourth-order valence-electron chi connectivity index (χ4n) is 4.03. The van der Waals surface area contributed by atoms with Crippen LogP contribution in [0, 0.1) is 13.8 Å². The van der Waals surface area contributed by atoms with Crippen LogP contribution < -0.4 is 20.1 Å². The van der Waals surface area contributed by atoms with Crippen molar-refractivity contribution < 1.29 is 19.1 Å². The molecular formula is C23H23N5O4S. The zero-order valence-corrected chi connectivity index (χ0v) is 19.1. The molecule has 1 saturated heterocycles. The predicted molar refractivity (Wildman–Crippen MR) is 124 cm³/mol. The Balaban J connectivity index is 1.27. The minimum Gasteiger partial charge on any atom is -0.454 e. The van der Waals surface area contributed by atoms with Crippen LogP contribution in [-0.4, -0.2) is 40.4 Å². The number of aromatic nitrogens is 2. The number of hydrogen-bond acceptors (Lipinski definition) is 7. The summed E-state index contributed by atoms with van der Waals surface area (Å²) >= 11 is 1.20. The van der Waals surface area contributed by atoms with Crippen molar-refractivity contribution in [2.24, 2.45) is 0 Å². The van der Waals surface area contributed by atoms with Gasteiger partial charge in [0.05, 0.1) is 6.04 Å². The quantitative estimate of drug-likeness (QED) is 0.588. The highest BCUT2D eigenvalue weighted by molar-refractivity contribution is 7.13. The van der Waals surface area contributed by atoms with Gasteiger partial charge in [-0.15, -0.1) is 10.2 Å². The number of benzene rings is 2. The van der Waals surface area contributed by atoms with E-state index in [4.69, 9.17) is 9.47 Å². The maximum absolute atomic E-state index is 13.0. The van der Waals surface area contributed by atoms with E-state index >= 15 is 0 Å². The molecule has 2 aliphatic rings. The number of carbonyl (C=O) groups is 2. The molecule has 33 heavy (non-hydrogen) atoms. The number of hydrogen-bond donors (Lipinski definition) is 2. The van der Waals surface area contributed by atoms with E-state index in [1.54, 1.807) is 23.1 Å². The molecule has 3 aromatic rings. The lowest BCUT2D eigenvalue weighted by atomic mass is 10.1. The number of carbonyl (C=O) groups excluding carboxylic acids is 2. The molecule has 2 N–H and O–H groups in total.